The molecule has 0 aliphatic carbocycles. The topological polar surface area (TPSA) is 64.7 Å². The van der Waals surface area contributed by atoms with Crippen molar-refractivity contribution in [1.82, 2.24) is 19.6 Å². The molecule has 3 aromatic rings. The van der Waals surface area contributed by atoms with Gasteiger partial charge in [0.05, 0.1) is 18.3 Å². The maximum Gasteiger partial charge on any atom is 0.260 e. The summed E-state index contributed by atoms with van der Waals surface area (Å²) in [5.41, 5.74) is 1.35. The lowest BCUT2D eigenvalue weighted by atomic mass is 10.2. The van der Waals surface area contributed by atoms with E-state index in [9.17, 15) is 4.79 Å². The molecule has 0 bridgehead atoms. The molecule has 0 aliphatic heterocycles. The van der Waals surface area contributed by atoms with Crippen LogP contribution in [0.4, 0.5) is 5.82 Å². The quantitative estimate of drug-likeness (QED) is 0.786. The number of hydrogen-bond acceptors (Lipinski definition) is 3. The third kappa shape index (κ3) is 3.55. The predicted octanol–water partition coefficient (Wildman–Crippen LogP) is 3.22. The Kier molecular flexibility index (Phi) is 4.36. The molecular formula is C15H13Cl2N5O. The van der Waals surface area contributed by atoms with Crippen molar-refractivity contribution in [3.63, 3.8) is 0 Å². The Bertz CT molecular complexity index is 855. The number of nitrogens with one attached hydrogen (secondary N) is 1. The Balaban J connectivity index is 1.76. The number of carbonyl (C=O) groups excluding carboxylic acids is 1. The molecule has 0 radical (unpaired) electrons. The highest BCUT2D eigenvalue weighted by Gasteiger charge is 2.14. The van der Waals surface area contributed by atoms with E-state index in [1.807, 2.05) is 24.3 Å². The molecule has 118 valence electrons. The van der Waals surface area contributed by atoms with Crippen LogP contribution in [-0.2, 0) is 13.6 Å². The van der Waals surface area contributed by atoms with E-state index in [4.69, 9.17) is 23.2 Å². The second-order valence-electron chi connectivity index (χ2n) is 4.97. The average Bonchev–Trinajstić information content (AvgIpc) is 3.08. The first-order valence-corrected chi connectivity index (χ1v) is 7.55. The van der Waals surface area contributed by atoms with Gasteiger partial charge in [0.15, 0.2) is 5.82 Å². The lowest BCUT2D eigenvalue weighted by molar-refractivity contribution is 0.102. The maximum absolute atomic E-state index is 12.1. The largest absolute Gasteiger partial charge is 0.304 e. The molecule has 2 heterocycles. The van der Waals surface area contributed by atoms with E-state index in [1.165, 1.54) is 6.20 Å². The lowest BCUT2D eigenvalue weighted by Gasteiger charge is -2.04. The molecule has 0 unspecified atom stereocenters. The molecule has 2 aromatic heterocycles. The van der Waals surface area contributed by atoms with Crippen LogP contribution in [0.25, 0.3) is 0 Å². The van der Waals surface area contributed by atoms with Crippen molar-refractivity contribution < 1.29 is 4.79 Å². The van der Waals surface area contributed by atoms with Gasteiger partial charge >= 0.3 is 0 Å². The number of amides is 1. The molecule has 1 amide bonds. The van der Waals surface area contributed by atoms with Crippen molar-refractivity contribution >= 4 is 34.9 Å². The van der Waals surface area contributed by atoms with Crippen molar-refractivity contribution in [2.45, 2.75) is 6.54 Å². The minimum Gasteiger partial charge on any atom is -0.304 e. The summed E-state index contributed by atoms with van der Waals surface area (Å²) in [6.07, 6.45) is 4.73. The zero-order chi connectivity index (χ0) is 16.4. The number of benzene rings is 1. The fourth-order valence-corrected chi connectivity index (χ4v) is 2.48. The molecule has 1 N–H and O–H groups in total. The van der Waals surface area contributed by atoms with E-state index in [0.717, 1.165) is 5.56 Å². The standard InChI is InChI=1S/C15H13Cl2N5O/c1-21-7-11(6-18-21)15(23)19-14-13(17)9-22(20-14)8-10-4-2-3-5-12(10)16/h2-7,9H,8H2,1H3,(H,19,20,23). The van der Waals surface area contributed by atoms with Crippen LogP contribution in [0.15, 0.2) is 42.9 Å². The lowest BCUT2D eigenvalue weighted by Crippen LogP contribution is -2.12. The Labute approximate surface area is 142 Å². The molecule has 1 aromatic carbocycles. The summed E-state index contributed by atoms with van der Waals surface area (Å²) in [5, 5.41) is 11.9. The number of hydrogen-bond donors (Lipinski definition) is 1. The van der Waals surface area contributed by atoms with Gasteiger partial charge in [0, 0.05) is 24.5 Å². The van der Waals surface area contributed by atoms with E-state index in [2.05, 4.69) is 15.5 Å². The minimum atomic E-state index is -0.317. The molecule has 23 heavy (non-hydrogen) atoms. The number of carbonyl (C=O) groups is 1. The van der Waals surface area contributed by atoms with E-state index >= 15 is 0 Å². The zero-order valence-corrected chi connectivity index (χ0v) is 13.7. The summed E-state index contributed by atoms with van der Waals surface area (Å²) < 4.78 is 3.18. The van der Waals surface area contributed by atoms with Gasteiger partial charge in [0.2, 0.25) is 0 Å². The molecule has 3 rings (SSSR count). The summed E-state index contributed by atoms with van der Waals surface area (Å²) in [7, 11) is 1.74. The molecule has 0 saturated heterocycles. The molecule has 0 atom stereocenters. The first kappa shape index (κ1) is 15.6. The summed E-state index contributed by atoms with van der Waals surface area (Å²) in [4.78, 5) is 12.1. The Morgan fingerprint density at radius 3 is 2.70 bits per heavy atom. The highest BCUT2D eigenvalue weighted by molar-refractivity contribution is 6.33. The molecule has 6 nitrogen and oxygen atoms in total. The highest BCUT2D eigenvalue weighted by Crippen LogP contribution is 2.22. The fraction of sp³-hybridized carbons (Fsp3) is 0.133. The molecule has 0 aliphatic rings. The second kappa shape index (κ2) is 6.44. The van der Waals surface area contributed by atoms with Crippen LogP contribution >= 0.6 is 23.2 Å². The smallest absolute Gasteiger partial charge is 0.260 e. The van der Waals surface area contributed by atoms with Crippen molar-refractivity contribution in [2.75, 3.05) is 5.32 Å². The van der Waals surface area contributed by atoms with Crippen LogP contribution in [-0.4, -0.2) is 25.5 Å². The van der Waals surface area contributed by atoms with Gasteiger partial charge in [-0.3, -0.25) is 14.2 Å². The van der Waals surface area contributed by atoms with Gasteiger partial charge in [-0.1, -0.05) is 41.4 Å². The summed E-state index contributed by atoms with van der Waals surface area (Å²) in [6.45, 7) is 0.460. The summed E-state index contributed by atoms with van der Waals surface area (Å²) in [5.74, 6) is -0.0180. The van der Waals surface area contributed by atoms with Crippen LogP contribution in [0.5, 0.6) is 0 Å². The minimum absolute atomic E-state index is 0.299. The van der Waals surface area contributed by atoms with E-state index in [-0.39, 0.29) is 5.91 Å². The van der Waals surface area contributed by atoms with Crippen molar-refractivity contribution in [2.24, 2.45) is 7.05 Å². The van der Waals surface area contributed by atoms with Crippen LogP contribution in [0.1, 0.15) is 15.9 Å². The number of aromatic nitrogens is 4. The first-order chi connectivity index (χ1) is 11.0. The normalized spacial score (nSPS) is 10.7. The Morgan fingerprint density at radius 1 is 1.22 bits per heavy atom. The summed E-state index contributed by atoms with van der Waals surface area (Å²) >= 11 is 12.3. The van der Waals surface area contributed by atoms with Crippen LogP contribution < -0.4 is 5.32 Å². The monoisotopic (exact) mass is 349 g/mol. The van der Waals surface area contributed by atoms with Gasteiger partial charge in [-0.05, 0) is 11.6 Å². The highest BCUT2D eigenvalue weighted by atomic mass is 35.5. The molecule has 0 saturated carbocycles. The molecule has 0 spiro atoms. The Morgan fingerprint density at radius 2 is 2.00 bits per heavy atom. The van der Waals surface area contributed by atoms with Gasteiger partial charge in [-0.2, -0.15) is 10.2 Å². The van der Waals surface area contributed by atoms with E-state index in [1.54, 1.807) is 28.8 Å². The van der Waals surface area contributed by atoms with Crippen LogP contribution in [0.2, 0.25) is 10.0 Å². The molecule has 0 fully saturated rings. The van der Waals surface area contributed by atoms with Gasteiger partial charge in [0.25, 0.3) is 5.91 Å². The predicted molar refractivity (Wildman–Crippen MR) is 89.0 cm³/mol. The van der Waals surface area contributed by atoms with Crippen molar-refractivity contribution in [3.05, 3.63) is 64.0 Å². The zero-order valence-electron chi connectivity index (χ0n) is 12.2. The number of aryl methyl sites for hydroxylation is 1. The van der Waals surface area contributed by atoms with Gasteiger partial charge in [-0.15, -0.1) is 0 Å². The Hall–Kier alpha value is -2.31. The van der Waals surface area contributed by atoms with Gasteiger partial charge in [-0.25, -0.2) is 0 Å². The average molecular weight is 350 g/mol. The van der Waals surface area contributed by atoms with Crippen molar-refractivity contribution in [1.29, 1.82) is 0 Å². The number of rotatable bonds is 4. The molecular weight excluding hydrogens is 337 g/mol. The van der Waals surface area contributed by atoms with E-state index < -0.39 is 0 Å². The number of nitrogens with zero attached hydrogens (tertiary/aromatic N) is 4. The van der Waals surface area contributed by atoms with E-state index in [0.29, 0.717) is 28.0 Å². The maximum atomic E-state index is 12.1. The number of anilines is 1. The van der Waals surface area contributed by atoms with Crippen LogP contribution in [0, 0.1) is 0 Å². The SMILES string of the molecule is Cn1cc(C(=O)Nc2nn(Cc3ccccc3Cl)cc2Cl)cn1. The third-order valence-corrected chi connectivity index (χ3v) is 3.85. The second-order valence-corrected chi connectivity index (χ2v) is 5.79. The third-order valence-electron chi connectivity index (χ3n) is 3.21. The molecule has 8 heteroatoms. The van der Waals surface area contributed by atoms with Gasteiger partial charge < -0.3 is 5.32 Å². The van der Waals surface area contributed by atoms with Crippen molar-refractivity contribution in [3.8, 4) is 0 Å². The van der Waals surface area contributed by atoms with Gasteiger partial charge in [0.1, 0.15) is 5.02 Å². The fourth-order valence-electron chi connectivity index (χ4n) is 2.08. The summed E-state index contributed by atoms with van der Waals surface area (Å²) in [6, 6.07) is 7.48. The van der Waals surface area contributed by atoms with Crippen LogP contribution in [0.3, 0.4) is 0 Å². The first-order valence-electron chi connectivity index (χ1n) is 6.79. The number of halogens is 2.